The molecule has 1 atom stereocenters. The van der Waals surface area contributed by atoms with Crippen LogP contribution in [0.15, 0.2) is 47.6 Å². The van der Waals surface area contributed by atoms with Gasteiger partial charge < -0.3 is 11.2 Å². The van der Waals surface area contributed by atoms with E-state index >= 15 is 0 Å². The predicted molar refractivity (Wildman–Crippen MR) is 121 cm³/mol. The van der Waals surface area contributed by atoms with Crippen molar-refractivity contribution in [2.75, 3.05) is 11.6 Å². The van der Waals surface area contributed by atoms with Crippen LogP contribution in [0.5, 0.6) is 0 Å². The minimum Gasteiger partial charge on any atom is -0.349 e. The van der Waals surface area contributed by atoms with E-state index in [1.165, 1.54) is 46.0 Å². The number of benzene rings is 2. The molecular formula is C23H27N5OS. The lowest BCUT2D eigenvalue weighted by Crippen LogP contribution is -2.28. The molecule has 6 nitrogen and oxygen atoms in total. The van der Waals surface area contributed by atoms with Crippen molar-refractivity contribution in [2.24, 2.45) is 0 Å². The SMILES string of the molecule is Cc1ccc(-c2nnc(SCC(=O)NC(C)c3ccc4c(c3)CCCC4)n2N)cc1. The fraction of sp³-hybridized carbons (Fsp3) is 0.348. The van der Waals surface area contributed by atoms with Crippen molar-refractivity contribution in [3.8, 4) is 11.4 Å². The zero-order valence-electron chi connectivity index (χ0n) is 17.4. The van der Waals surface area contributed by atoms with E-state index in [0.29, 0.717) is 11.0 Å². The van der Waals surface area contributed by atoms with Gasteiger partial charge in [0.15, 0.2) is 5.82 Å². The van der Waals surface area contributed by atoms with E-state index in [4.69, 9.17) is 5.84 Å². The lowest BCUT2D eigenvalue weighted by atomic mass is 9.89. The highest BCUT2D eigenvalue weighted by molar-refractivity contribution is 7.99. The van der Waals surface area contributed by atoms with Crippen LogP contribution >= 0.6 is 11.8 Å². The highest BCUT2D eigenvalue weighted by atomic mass is 32.2. The summed E-state index contributed by atoms with van der Waals surface area (Å²) in [5.74, 6) is 6.92. The van der Waals surface area contributed by atoms with Crippen molar-refractivity contribution in [1.29, 1.82) is 0 Å². The van der Waals surface area contributed by atoms with Crippen LogP contribution in [0.2, 0.25) is 0 Å². The molecule has 1 amide bonds. The summed E-state index contributed by atoms with van der Waals surface area (Å²) < 4.78 is 1.44. The van der Waals surface area contributed by atoms with Crippen LogP contribution in [-0.2, 0) is 17.6 Å². The molecule has 30 heavy (non-hydrogen) atoms. The van der Waals surface area contributed by atoms with Crippen LogP contribution < -0.4 is 11.2 Å². The third kappa shape index (κ3) is 4.51. The molecule has 156 valence electrons. The number of nitrogens with one attached hydrogen (secondary N) is 1. The first-order valence-corrected chi connectivity index (χ1v) is 11.3. The number of aromatic nitrogens is 3. The Morgan fingerprint density at radius 3 is 2.63 bits per heavy atom. The molecule has 4 rings (SSSR count). The Hall–Kier alpha value is -2.80. The van der Waals surface area contributed by atoms with Gasteiger partial charge in [0.1, 0.15) is 0 Å². The van der Waals surface area contributed by atoms with Crippen LogP contribution in [0.25, 0.3) is 11.4 Å². The van der Waals surface area contributed by atoms with Crippen molar-refractivity contribution in [1.82, 2.24) is 20.2 Å². The standard InChI is InChI=1S/C23H27N5OS/c1-15-7-9-18(10-8-15)22-26-27-23(28(22)24)30-14-21(29)25-16(2)19-12-11-17-5-3-4-6-20(17)13-19/h7-13,16H,3-6,14,24H2,1-2H3,(H,25,29). The molecule has 0 radical (unpaired) electrons. The molecule has 7 heteroatoms. The molecule has 0 saturated heterocycles. The van der Waals surface area contributed by atoms with E-state index in [1.807, 2.05) is 38.1 Å². The van der Waals surface area contributed by atoms with Gasteiger partial charge in [-0.05, 0) is 56.2 Å². The Bertz CT molecular complexity index is 1040. The van der Waals surface area contributed by atoms with Crippen molar-refractivity contribution in [2.45, 2.75) is 50.7 Å². The molecule has 1 unspecified atom stereocenters. The Morgan fingerprint density at radius 1 is 1.13 bits per heavy atom. The molecule has 1 heterocycles. The van der Waals surface area contributed by atoms with Gasteiger partial charge in [-0.25, -0.2) is 4.68 Å². The van der Waals surface area contributed by atoms with E-state index in [-0.39, 0.29) is 17.7 Å². The molecule has 2 aromatic carbocycles. The normalized spacial score (nSPS) is 14.2. The number of carbonyl (C=O) groups excluding carboxylic acids is 1. The van der Waals surface area contributed by atoms with E-state index in [1.54, 1.807) is 0 Å². The van der Waals surface area contributed by atoms with Crippen LogP contribution in [0, 0.1) is 6.92 Å². The van der Waals surface area contributed by atoms with Crippen LogP contribution in [-0.4, -0.2) is 26.5 Å². The maximum atomic E-state index is 12.5. The van der Waals surface area contributed by atoms with E-state index < -0.39 is 0 Å². The molecule has 0 fully saturated rings. The number of hydrogen-bond acceptors (Lipinski definition) is 5. The Kier molecular flexibility index (Phi) is 6.08. The highest BCUT2D eigenvalue weighted by Gasteiger charge is 2.16. The number of rotatable bonds is 6. The predicted octanol–water partition coefficient (Wildman–Crippen LogP) is 3.82. The number of nitrogens with two attached hydrogens (primary N) is 1. The van der Waals surface area contributed by atoms with Gasteiger partial charge >= 0.3 is 0 Å². The quantitative estimate of drug-likeness (QED) is 0.467. The molecule has 0 aliphatic heterocycles. The summed E-state index contributed by atoms with van der Waals surface area (Å²) in [4.78, 5) is 12.5. The zero-order chi connectivity index (χ0) is 21.1. The lowest BCUT2D eigenvalue weighted by Gasteiger charge is -2.20. The molecule has 1 aromatic heterocycles. The number of hydrogen-bond donors (Lipinski definition) is 2. The summed E-state index contributed by atoms with van der Waals surface area (Å²) in [7, 11) is 0. The third-order valence-electron chi connectivity index (χ3n) is 5.56. The fourth-order valence-electron chi connectivity index (χ4n) is 3.79. The number of nitrogens with zero attached hydrogens (tertiary/aromatic N) is 3. The summed E-state index contributed by atoms with van der Waals surface area (Å²) in [6.07, 6.45) is 4.82. The van der Waals surface area contributed by atoms with Gasteiger partial charge in [-0.3, -0.25) is 4.79 Å². The monoisotopic (exact) mass is 421 g/mol. The second-order valence-electron chi connectivity index (χ2n) is 7.86. The number of nitrogen functional groups attached to an aromatic ring is 1. The van der Waals surface area contributed by atoms with E-state index in [9.17, 15) is 4.79 Å². The average Bonchev–Trinajstić information content (AvgIpc) is 3.12. The Morgan fingerprint density at radius 2 is 1.87 bits per heavy atom. The summed E-state index contributed by atoms with van der Waals surface area (Å²) in [5, 5.41) is 11.9. The first kappa shape index (κ1) is 20.5. The lowest BCUT2D eigenvalue weighted by molar-refractivity contribution is -0.119. The van der Waals surface area contributed by atoms with E-state index in [2.05, 4.69) is 33.7 Å². The number of aryl methyl sites for hydroxylation is 3. The zero-order valence-corrected chi connectivity index (χ0v) is 18.2. The van der Waals surface area contributed by atoms with E-state index in [0.717, 1.165) is 24.0 Å². The van der Waals surface area contributed by atoms with Gasteiger partial charge in [0, 0.05) is 5.56 Å². The molecular weight excluding hydrogens is 394 g/mol. The largest absolute Gasteiger partial charge is 0.349 e. The number of carbonyl (C=O) groups is 1. The molecule has 1 aliphatic rings. The van der Waals surface area contributed by atoms with Crippen molar-refractivity contribution in [3.05, 3.63) is 64.7 Å². The second kappa shape index (κ2) is 8.92. The van der Waals surface area contributed by atoms with Gasteiger partial charge in [-0.1, -0.05) is 59.8 Å². The van der Waals surface area contributed by atoms with Gasteiger partial charge in [-0.2, -0.15) is 0 Å². The van der Waals surface area contributed by atoms with Crippen LogP contribution in [0.1, 0.15) is 48.1 Å². The summed E-state index contributed by atoms with van der Waals surface area (Å²) in [5.41, 5.74) is 6.09. The van der Waals surface area contributed by atoms with Gasteiger partial charge in [-0.15, -0.1) is 10.2 Å². The Balaban J connectivity index is 1.35. The number of amides is 1. The first-order valence-electron chi connectivity index (χ1n) is 10.3. The van der Waals surface area contributed by atoms with Crippen molar-refractivity contribution < 1.29 is 4.79 Å². The number of fused-ring (bicyclic) bond motifs is 1. The number of thioether (sulfide) groups is 1. The van der Waals surface area contributed by atoms with Crippen molar-refractivity contribution >= 4 is 17.7 Å². The van der Waals surface area contributed by atoms with Gasteiger partial charge in [0.25, 0.3) is 0 Å². The van der Waals surface area contributed by atoms with Crippen LogP contribution in [0.3, 0.4) is 0 Å². The molecule has 3 N–H and O–H groups in total. The average molecular weight is 422 g/mol. The first-order chi connectivity index (χ1) is 14.5. The summed E-state index contributed by atoms with van der Waals surface area (Å²) in [6.45, 7) is 4.05. The fourth-order valence-corrected chi connectivity index (χ4v) is 4.46. The third-order valence-corrected chi connectivity index (χ3v) is 6.50. The molecule has 3 aromatic rings. The Labute approximate surface area is 181 Å². The molecule has 1 aliphatic carbocycles. The second-order valence-corrected chi connectivity index (χ2v) is 8.80. The topological polar surface area (TPSA) is 85.8 Å². The summed E-state index contributed by atoms with van der Waals surface area (Å²) in [6, 6.07) is 14.5. The molecule has 0 spiro atoms. The van der Waals surface area contributed by atoms with Gasteiger partial charge in [0.2, 0.25) is 11.1 Å². The molecule has 0 saturated carbocycles. The summed E-state index contributed by atoms with van der Waals surface area (Å²) >= 11 is 1.29. The van der Waals surface area contributed by atoms with Gasteiger partial charge in [0.05, 0.1) is 11.8 Å². The maximum absolute atomic E-state index is 12.5. The maximum Gasteiger partial charge on any atom is 0.230 e. The minimum absolute atomic E-state index is 0.0378. The highest BCUT2D eigenvalue weighted by Crippen LogP contribution is 2.25. The molecule has 0 bridgehead atoms. The van der Waals surface area contributed by atoms with Crippen LogP contribution in [0.4, 0.5) is 0 Å². The van der Waals surface area contributed by atoms with Crippen molar-refractivity contribution in [3.63, 3.8) is 0 Å². The minimum atomic E-state index is -0.0508. The smallest absolute Gasteiger partial charge is 0.230 e.